The summed E-state index contributed by atoms with van der Waals surface area (Å²) in [6.07, 6.45) is -0.194. The lowest BCUT2D eigenvalue weighted by Gasteiger charge is -1.97. The molecule has 5 nitrogen and oxygen atoms in total. The molecular formula is C6H9NO4S. The van der Waals surface area contributed by atoms with Crippen LogP contribution in [0.1, 0.15) is 6.42 Å². The molecule has 68 valence electrons. The molecular weight excluding hydrogens is 182 g/mol. The van der Waals surface area contributed by atoms with Crippen LogP contribution in [0.4, 0.5) is 0 Å². The highest BCUT2D eigenvalue weighted by atomic mass is 32.2. The van der Waals surface area contributed by atoms with E-state index in [1.165, 1.54) is 13.2 Å². The zero-order chi connectivity index (χ0) is 9.61. The molecule has 0 amide bonds. The summed E-state index contributed by atoms with van der Waals surface area (Å²) < 4.78 is 25.9. The second-order valence-corrected chi connectivity index (χ2v) is 4.26. The van der Waals surface area contributed by atoms with Gasteiger partial charge >= 0.3 is 5.97 Å². The molecule has 0 saturated carbocycles. The van der Waals surface area contributed by atoms with E-state index in [1.807, 2.05) is 0 Å². The zero-order valence-electron chi connectivity index (χ0n) is 6.61. The maximum absolute atomic E-state index is 10.8. The Kier molecular flexibility index (Phi) is 4.29. The summed E-state index contributed by atoms with van der Waals surface area (Å²) in [5, 5.41) is 8.08. The van der Waals surface area contributed by atoms with Crippen LogP contribution in [-0.4, -0.2) is 33.0 Å². The quantitative estimate of drug-likeness (QED) is 0.558. The lowest BCUT2D eigenvalue weighted by atomic mass is 10.5. The summed E-state index contributed by atoms with van der Waals surface area (Å²) in [5.41, 5.74) is 0. The third-order valence-electron chi connectivity index (χ3n) is 1.13. The highest BCUT2D eigenvalue weighted by Crippen LogP contribution is 1.94. The van der Waals surface area contributed by atoms with E-state index in [2.05, 4.69) is 4.74 Å². The minimum atomic E-state index is -3.40. The van der Waals surface area contributed by atoms with Crippen molar-refractivity contribution in [2.75, 3.05) is 18.6 Å². The summed E-state index contributed by atoms with van der Waals surface area (Å²) in [7, 11) is -2.22. The molecule has 0 fully saturated rings. The minimum Gasteiger partial charge on any atom is -0.469 e. The molecule has 0 aliphatic rings. The monoisotopic (exact) mass is 191 g/mol. The summed E-state index contributed by atoms with van der Waals surface area (Å²) in [6.45, 7) is 0. The number of sulfone groups is 1. The Balaban J connectivity index is 3.95. The molecule has 0 unspecified atom stereocenters. The molecule has 0 spiro atoms. The van der Waals surface area contributed by atoms with Gasteiger partial charge in [0.2, 0.25) is 0 Å². The topological polar surface area (TPSA) is 84.2 Å². The van der Waals surface area contributed by atoms with Crippen LogP contribution in [-0.2, 0) is 19.4 Å². The molecule has 0 heterocycles. The predicted octanol–water partition coefficient (Wildman–Crippen LogP) is -0.512. The molecule has 0 rings (SSSR count). The largest absolute Gasteiger partial charge is 0.469 e. The van der Waals surface area contributed by atoms with Crippen LogP contribution in [0.3, 0.4) is 0 Å². The fourth-order valence-electron chi connectivity index (χ4n) is 0.511. The SMILES string of the molecule is COC(=O)CCS(=O)(=O)CC#N. The molecule has 6 heteroatoms. The van der Waals surface area contributed by atoms with Crippen molar-refractivity contribution in [3.63, 3.8) is 0 Å². The van der Waals surface area contributed by atoms with Crippen molar-refractivity contribution in [1.82, 2.24) is 0 Å². The number of hydrogen-bond donors (Lipinski definition) is 0. The van der Waals surface area contributed by atoms with Gasteiger partial charge < -0.3 is 4.74 Å². The molecule has 0 aromatic carbocycles. The number of esters is 1. The number of nitriles is 1. The van der Waals surface area contributed by atoms with Crippen LogP contribution in [0.5, 0.6) is 0 Å². The fraction of sp³-hybridized carbons (Fsp3) is 0.667. The maximum atomic E-state index is 10.8. The van der Waals surface area contributed by atoms with E-state index < -0.39 is 21.6 Å². The molecule has 0 saturated heterocycles. The van der Waals surface area contributed by atoms with Crippen LogP contribution in [0.2, 0.25) is 0 Å². The van der Waals surface area contributed by atoms with Crippen LogP contribution in [0, 0.1) is 11.3 Å². The Bertz CT molecular complexity index is 287. The Hall–Kier alpha value is -1.09. The first-order valence-corrected chi connectivity index (χ1v) is 4.98. The Morgan fingerprint density at radius 2 is 2.17 bits per heavy atom. The average Bonchev–Trinajstić information content (AvgIpc) is 2.00. The van der Waals surface area contributed by atoms with E-state index in [1.54, 1.807) is 0 Å². The molecule has 0 atom stereocenters. The summed E-state index contributed by atoms with van der Waals surface area (Å²) in [5.74, 6) is -1.46. The van der Waals surface area contributed by atoms with Gasteiger partial charge in [0, 0.05) is 0 Å². The summed E-state index contributed by atoms with van der Waals surface area (Å²) in [6, 6.07) is 1.51. The van der Waals surface area contributed by atoms with Crippen LogP contribution < -0.4 is 0 Å². The molecule has 0 aromatic rings. The van der Waals surface area contributed by atoms with Gasteiger partial charge in [-0.25, -0.2) is 8.42 Å². The van der Waals surface area contributed by atoms with Gasteiger partial charge in [-0.05, 0) is 0 Å². The molecule has 0 aromatic heterocycles. The molecule has 0 radical (unpaired) electrons. The summed E-state index contributed by atoms with van der Waals surface area (Å²) >= 11 is 0. The number of hydrogen-bond acceptors (Lipinski definition) is 5. The Morgan fingerprint density at radius 1 is 1.58 bits per heavy atom. The fourth-order valence-corrected chi connectivity index (χ4v) is 1.33. The lowest BCUT2D eigenvalue weighted by molar-refractivity contribution is -0.140. The second-order valence-electron chi connectivity index (χ2n) is 2.08. The number of methoxy groups -OCH3 is 1. The van der Waals surface area contributed by atoms with Gasteiger partial charge in [-0.3, -0.25) is 4.79 Å². The highest BCUT2D eigenvalue weighted by Gasteiger charge is 2.12. The van der Waals surface area contributed by atoms with Gasteiger partial charge in [0.05, 0.1) is 25.4 Å². The predicted molar refractivity (Wildman–Crippen MR) is 40.9 cm³/mol. The first-order valence-electron chi connectivity index (χ1n) is 3.16. The van der Waals surface area contributed by atoms with Crippen LogP contribution >= 0.6 is 0 Å². The van der Waals surface area contributed by atoms with E-state index in [-0.39, 0.29) is 12.2 Å². The number of carbonyl (C=O) groups excluding carboxylic acids is 1. The van der Waals surface area contributed by atoms with Crippen molar-refractivity contribution in [3.8, 4) is 6.07 Å². The second kappa shape index (κ2) is 4.72. The Labute approximate surface area is 70.9 Å². The normalized spacial score (nSPS) is 10.3. The van der Waals surface area contributed by atoms with Gasteiger partial charge in [-0.15, -0.1) is 0 Å². The number of carbonyl (C=O) groups is 1. The first kappa shape index (κ1) is 10.9. The Morgan fingerprint density at radius 3 is 2.58 bits per heavy atom. The van der Waals surface area contributed by atoms with E-state index in [0.717, 1.165) is 0 Å². The van der Waals surface area contributed by atoms with E-state index >= 15 is 0 Å². The zero-order valence-corrected chi connectivity index (χ0v) is 7.43. The minimum absolute atomic E-state index is 0.194. The van der Waals surface area contributed by atoms with Crippen molar-refractivity contribution in [2.24, 2.45) is 0 Å². The lowest BCUT2D eigenvalue weighted by Crippen LogP contribution is -2.14. The molecule has 0 N–H and O–H groups in total. The third kappa shape index (κ3) is 4.68. The average molecular weight is 191 g/mol. The highest BCUT2D eigenvalue weighted by molar-refractivity contribution is 7.91. The summed E-state index contributed by atoms with van der Waals surface area (Å²) in [4.78, 5) is 10.5. The molecule has 12 heavy (non-hydrogen) atoms. The number of rotatable bonds is 4. The van der Waals surface area contributed by atoms with E-state index in [0.29, 0.717) is 0 Å². The van der Waals surface area contributed by atoms with E-state index in [9.17, 15) is 13.2 Å². The number of ether oxygens (including phenoxy) is 1. The van der Waals surface area contributed by atoms with Gasteiger partial charge in [0.25, 0.3) is 0 Å². The van der Waals surface area contributed by atoms with Crippen LogP contribution in [0.25, 0.3) is 0 Å². The van der Waals surface area contributed by atoms with Gasteiger partial charge in [-0.2, -0.15) is 5.26 Å². The smallest absolute Gasteiger partial charge is 0.306 e. The molecule has 0 aliphatic heterocycles. The first-order chi connectivity index (χ1) is 5.52. The van der Waals surface area contributed by atoms with Crippen molar-refractivity contribution >= 4 is 15.8 Å². The van der Waals surface area contributed by atoms with Crippen molar-refractivity contribution in [3.05, 3.63) is 0 Å². The molecule has 0 aliphatic carbocycles. The standard InChI is InChI=1S/C6H9NO4S/c1-11-6(8)2-4-12(9,10)5-3-7/h2,4-5H2,1H3. The number of nitrogens with zero attached hydrogens (tertiary/aromatic N) is 1. The van der Waals surface area contributed by atoms with Crippen molar-refractivity contribution < 1.29 is 17.9 Å². The van der Waals surface area contributed by atoms with Gasteiger partial charge in [-0.1, -0.05) is 0 Å². The molecule has 0 bridgehead atoms. The van der Waals surface area contributed by atoms with Crippen molar-refractivity contribution in [2.45, 2.75) is 6.42 Å². The van der Waals surface area contributed by atoms with Gasteiger partial charge in [0.1, 0.15) is 5.75 Å². The maximum Gasteiger partial charge on any atom is 0.306 e. The van der Waals surface area contributed by atoms with Crippen molar-refractivity contribution in [1.29, 1.82) is 5.26 Å². The van der Waals surface area contributed by atoms with E-state index in [4.69, 9.17) is 5.26 Å². The third-order valence-corrected chi connectivity index (χ3v) is 2.52. The van der Waals surface area contributed by atoms with Crippen LogP contribution in [0.15, 0.2) is 0 Å². The van der Waals surface area contributed by atoms with Gasteiger partial charge in [0.15, 0.2) is 9.84 Å².